The molecule has 0 fully saturated rings. The molecule has 2 aromatic rings. The summed E-state index contributed by atoms with van der Waals surface area (Å²) in [6.07, 6.45) is 1.22. The van der Waals surface area contributed by atoms with Crippen molar-refractivity contribution in [2.24, 2.45) is 0 Å². The quantitative estimate of drug-likeness (QED) is 0.705. The summed E-state index contributed by atoms with van der Waals surface area (Å²) in [5.41, 5.74) is 1.09. The van der Waals surface area contributed by atoms with Crippen LogP contribution >= 0.6 is 0 Å². The van der Waals surface area contributed by atoms with Crippen molar-refractivity contribution in [1.82, 2.24) is 14.6 Å². The highest BCUT2D eigenvalue weighted by Gasteiger charge is 2.14. The first-order chi connectivity index (χ1) is 7.02. The van der Waals surface area contributed by atoms with E-state index in [1.165, 1.54) is 10.7 Å². The predicted octanol–water partition coefficient (Wildman–Crippen LogP) is 0.338. The van der Waals surface area contributed by atoms with Crippen LogP contribution in [0.2, 0.25) is 0 Å². The van der Waals surface area contributed by atoms with Gasteiger partial charge in [0.15, 0.2) is 5.65 Å². The van der Waals surface area contributed by atoms with Crippen LogP contribution in [-0.4, -0.2) is 25.7 Å². The summed E-state index contributed by atoms with van der Waals surface area (Å²) >= 11 is 0. The molecule has 0 aliphatic heterocycles. The molecular formula is C9H9N3O3. The average molecular weight is 207 g/mol. The van der Waals surface area contributed by atoms with E-state index in [1.54, 1.807) is 13.8 Å². The number of hydrogen-bond donors (Lipinski definition) is 2. The molecule has 2 N–H and O–H groups in total. The van der Waals surface area contributed by atoms with E-state index in [0.29, 0.717) is 11.3 Å². The number of nitrogens with one attached hydrogen (secondary N) is 1. The van der Waals surface area contributed by atoms with Crippen LogP contribution in [0.4, 0.5) is 0 Å². The molecule has 2 aromatic heterocycles. The SMILES string of the molecule is Cc1c(C)n2ncc(C(=O)O)c2[nH]c1=O. The van der Waals surface area contributed by atoms with Gasteiger partial charge in [0, 0.05) is 11.3 Å². The van der Waals surface area contributed by atoms with Gasteiger partial charge in [-0.3, -0.25) is 4.79 Å². The number of hydrogen-bond acceptors (Lipinski definition) is 3. The standard InChI is InChI=1S/C9H9N3O3/c1-4-5(2)12-7(11-8(4)13)6(3-10-12)9(14)15/h3H,1-2H3,(H,11,13)(H,14,15). The van der Waals surface area contributed by atoms with Crippen LogP contribution in [0.25, 0.3) is 5.65 Å². The summed E-state index contributed by atoms with van der Waals surface area (Å²) in [6.45, 7) is 3.38. The zero-order valence-corrected chi connectivity index (χ0v) is 8.24. The second-order valence-electron chi connectivity index (χ2n) is 3.29. The van der Waals surface area contributed by atoms with Gasteiger partial charge in [0.2, 0.25) is 0 Å². The summed E-state index contributed by atoms with van der Waals surface area (Å²) in [7, 11) is 0. The Balaban J connectivity index is 2.95. The van der Waals surface area contributed by atoms with E-state index in [1.807, 2.05) is 0 Å². The van der Waals surface area contributed by atoms with Gasteiger partial charge >= 0.3 is 5.97 Å². The topological polar surface area (TPSA) is 87.5 Å². The van der Waals surface area contributed by atoms with Gasteiger partial charge in [0.25, 0.3) is 5.56 Å². The van der Waals surface area contributed by atoms with Gasteiger partial charge in [-0.15, -0.1) is 0 Å². The van der Waals surface area contributed by atoms with Crippen LogP contribution in [0.3, 0.4) is 0 Å². The Hall–Kier alpha value is -2.11. The fourth-order valence-corrected chi connectivity index (χ4v) is 1.40. The maximum absolute atomic E-state index is 11.4. The molecule has 0 aromatic carbocycles. The lowest BCUT2D eigenvalue weighted by molar-refractivity contribution is 0.0699. The molecule has 0 amide bonds. The van der Waals surface area contributed by atoms with Crippen LogP contribution in [0.15, 0.2) is 11.0 Å². The van der Waals surface area contributed by atoms with Crippen LogP contribution < -0.4 is 5.56 Å². The fraction of sp³-hybridized carbons (Fsp3) is 0.222. The molecule has 2 heterocycles. The van der Waals surface area contributed by atoms with Crippen molar-refractivity contribution in [2.75, 3.05) is 0 Å². The zero-order chi connectivity index (χ0) is 11.2. The summed E-state index contributed by atoms with van der Waals surface area (Å²) in [5.74, 6) is -1.11. The number of aromatic nitrogens is 3. The number of aromatic amines is 1. The highest BCUT2D eigenvalue weighted by Crippen LogP contribution is 2.09. The van der Waals surface area contributed by atoms with Crippen molar-refractivity contribution in [2.45, 2.75) is 13.8 Å². The lowest BCUT2D eigenvalue weighted by atomic mass is 10.2. The Labute approximate surface area is 84.2 Å². The van der Waals surface area contributed by atoms with E-state index >= 15 is 0 Å². The van der Waals surface area contributed by atoms with Crippen molar-refractivity contribution in [3.63, 3.8) is 0 Å². The minimum Gasteiger partial charge on any atom is -0.477 e. The Kier molecular flexibility index (Phi) is 1.85. The van der Waals surface area contributed by atoms with Gasteiger partial charge in [-0.25, -0.2) is 9.31 Å². The van der Waals surface area contributed by atoms with E-state index in [0.717, 1.165) is 0 Å². The fourth-order valence-electron chi connectivity index (χ4n) is 1.40. The summed E-state index contributed by atoms with van der Waals surface area (Å²) in [6, 6.07) is 0. The largest absolute Gasteiger partial charge is 0.477 e. The van der Waals surface area contributed by atoms with Crippen LogP contribution in [-0.2, 0) is 0 Å². The predicted molar refractivity (Wildman–Crippen MR) is 52.2 cm³/mol. The third-order valence-electron chi connectivity index (χ3n) is 2.43. The second-order valence-corrected chi connectivity index (χ2v) is 3.29. The van der Waals surface area contributed by atoms with Crippen molar-refractivity contribution in [1.29, 1.82) is 0 Å². The van der Waals surface area contributed by atoms with Gasteiger partial charge in [-0.05, 0) is 13.8 Å². The molecule has 0 spiro atoms. The summed E-state index contributed by atoms with van der Waals surface area (Å²) in [5, 5.41) is 12.8. The van der Waals surface area contributed by atoms with Crippen molar-refractivity contribution < 1.29 is 9.90 Å². The second kappa shape index (κ2) is 2.94. The molecule has 0 aliphatic rings. The molecule has 78 valence electrons. The van der Waals surface area contributed by atoms with Crippen LogP contribution in [0, 0.1) is 13.8 Å². The molecule has 6 heteroatoms. The number of carboxylic acids is 1. The highest BCUT2D eigenvalue weighted by atomic mass is 16.4. The van der Waals surface area contributed by atoms with Gasteiger partial charge in [-0.2, -0.15) is 5.10 Å². The van der Waals surface area contributed by atoms with Gasteiger partial charge in [-0.1, -0.05) is 0 Å². The monoisotopic (exact) mass is 207 g/mol. The summed E-state index contributed by atoms with van der Waals surface area (Å²) in [4.78, 5) is 24.7. The van der Waals surface area contributed by atoms with E-state index in [2.05, 4.69) is 10.1 Å². The van der Waals surface area contributed by atoms with Crippen molar-refractivity contribution in [3.05, 3.63) is 33.4 Å². The molecule has 15 heavy (non-hydrogen) atoms. The average Bonchev–Trinajstić information content (AvgIpc) is 2.58. The van der Waals surface area contributed by atoms with E-state index in [9.17, 15) is 9.59 Å². The lowest BCUT2D eigenvalue weighted by Crippen LogP contribution is -2.16. The van der Waals surface area contributed by atoms with Gasteiger partial charge in [0.1, 0.15) is 5.56 Å². The first-order valence-electron chi connectivity index (χ1n) is 4.33. The maximum Gasteiger partial charge on any atom is 0.341 e. The molecule has 2 rings (SSSR count). The molecular weight excluding hydrogens is 198 g/mol. The van der Waals surface area contributed by atoms with Gasteiger partial charge in [0.05, 0.1) is 6.20 Å². The zero-order valence-electron chi connectivity index (χ0n) is 8.24. The Bertz CT molecular complexity index is 609. The lowest BCUT2D eigenvalue weighted by Gasteiger charge is -2.02. The maximum atomic E-state index is 11.4. The smallest absolute Gasteiger partial charge is 0.341 e. The number of rotatable bonds is 1. The van der Waals surface area contributed by atoms with E-state index in [4.69, 9.17) is 5.11 Å². The molecule has 0 atom stereocenters. The van der Waals surface area contributed by atoms with Crippen LogP contribution in [0.1, 0.15) is 21.6 Å². The Morgan fingerprint density at radius 3 is 2.80 bits per heavy atom. The number of carboxylic acid groups (broad SMARTS) is 1. The molecule has 0 aliphatic carbocycles. The summed E-state index contributed by atoms with van der Waals surface area (Å²) < 4.78 is 1.42. The molecule has 0 saturated heterocycles. The normalized spacial score (nSPS) is 10.8. The molecule has 6 nitrogen and oxygen atoms in total. The molecule has 0 bridgehead atoms. The van der Waals surface area contributed by atoms with E-state index in [-0.39, 0.29) is 16.8 Å². The van der Waals surface area contributed by atoms with E-state index < -0.39 is 5.97 Å². The number of carbonyl (C=O) groups is 1. The highest BCUT2D eigenvalue weighted by molar-refractivity contribution is 5.94. The number of aryl methyl sites for hydroxylation is 1. The van der Waals surface area contributed by atoms with Gasteiger partial charge < -0.3 is 10.1 Å². The third-order valence-corrected chi connectivity index (χ3v) is 2.43. The molecule has 0 saturated carbocycles. The van der Waals surface area contributed by atoms with Crippen molar-refractivity contribution in [3.8, 4) is 0 Å². The van der Waals surface area contributed by atoms with Crippen molar-refractivity contribution >= 4 is 11.6 Å². The molecule has 0 radical (unpaired) electrons. The first-order valence-corrected chi connectivity index (χ1v) is 4.33. The minimum atomic E-state index is -1.11. The van der Waals surface area contributed by atoms with Crippen LogP contribution in [0.5, 0.6) is 0 Å². The Morgan fingerprint density at radius 2 is 2.20 bits per heavy atom. The third kappa shape index (κ3) is 1.22. The first kappa shape index (κ1) is 9.45. The minimum absolute atomic E-state index is 0.00444. The number of nitrogens with zero attached hydrogens (tertiary/aromatic N) is 2. The molecule has 0 unspecified atom stereocenters. The Morgan fingerprint density at radius 1 is 1.53 bits per heavy atom. The number of H-pyrrole nitrogens is 1. The number of fused-ring (bicyclic) bond motifs is 1. The number of aromatic carboxylic acids is 1.